The van der Waals surface area contributed by atoms with Crippen molar-refractivity contribution in [1.29, 1.82) is 0 Å². The molecule has 0 amide bonds. The van der Waals surface area contributed by atoms with Crippen LogP contribution in [0.4, 0.5) is 5.69 Å². The zero-order chi connectivity index (χ0) is 10.1. The number of carbonyl (C=O) groups is 1. The van der Waals surface area contributed by atoms with Gasteiger partial charge in [-0.2, -0.15) is 0 Å². The number of aliphatic hydroxyl groups excluding tert-OH is 1. The van der Waals surface area contributed by atoms with Crippen molar-refractivity contribution in [1.82, 2.24) is 0 Å². The van der Waals surface area contributed by atoms with E-state index in [-0.39, 0.29) is 6.10 Å². The Kier molecular flexibility index (Phi) is 2.56. The molecule has 1 aliphatic rings. The first kappa shape index (κ1) is 9.68. The van der Waals surface area contributed by atoms with E-state index in [1.54, 1.807) is 0 Å². The molecule has 0 aliphatic carbocycles. The summed E-state index contributed by atoms with van der Waals surface area (Å²) in [5.41, 5.74) is 1.11. The molecule has 76 valence electrons. The molecule has 4 heteroatoms. The molecule has 3 nitrogen and oxygen atoms in total. The number of nitrogens with zero attached hydrogens (tertiary/aromatic N) is 1. The number of carbonyl (C=O) groups excluding carboxylic acids is 1. The summed E-state index contributed by atoms with van der Waals surface area (Å²) in [5, 5.41) is 11.3. The van der Waals surface area contributed by atoms with Gasteiger partial charge in [-0.15, -0.1) is 11.3 Å². The molecule has 1 N–H and O–H groups in total. The molecule has 1 aliphatic heterocycles. The minimum Gasteiger partial charge on any atom is -0.393 e. The van der Waals surface area contributed by atoms with E-state index in [0.717, 1.165) is 29.9 Å². The number of aldehydes is 1. The number of thiophene rings is 1. The number of hydrogen-bond acceptors (Lipinski definition) is 4. The molecule has 1 saturated heterocycles. The van der Waals surface area contributed by atoms with Crippen LogP contribution >= 0.6 is 11.3 Å². The van der Waals surface area contributed by atoms with Crippen LogP contribution in [0.5, 0.6) is 0 Å². The van der Waals surface area contributed by atoms with Gasteiger partial charge >= 0.3 is 0 Å². The highest BCUT2D eigenvalue weighted by molar-refractivity contribution is 7.12. The fourth-order valence-electron chi connectivity index (χ4n) is 1.60. The van der Waals surface area contributed by atoms with Crippen molar-refractivity contribution in [3.63, 3.8) is 0 Å². The second-order valence-electron chi connectivity index (χ2n) is 3.73. The number of anilines is 1. The predicted molar refractivity (Wildman–Crippen MR) is 57.1 cm³/mol. The lowest BCUT2D eigenvalue weighted by molar-refractivity contribution is 0.107. The lowest BCUT2D eigenvalue weighted by atomic mass is 9.94. The third-order valence-corrected chi connectivity index (χ3v) is 3.52. The van der Waals surface area contributed by atoms with E-state index >= 15 is 0 Å². The highest BCUT2D eigenvalue weighted by Crippen LogP contribution is 2.29. The third-order valence-electron chi connectivity index (χ3n) is 2.68. The van der Waals surface area contributed by atoms with Crippen molar-refractivity contribution < 1.29 is 9.90 Å². The van der Waals surface area contributed by atoms with E-state index < -0.39 is 0 Å². The van der Waals surface area contributed by atoms with Crippen LogP contribution in [0.15, 0.2) is 11.4 Å². The summed E-state index contributed by atoms with van der Waals surface area (Å²) in [5.74, 6) is 0.384. The summed E-state index contributed by atoms with van der Waals surface area (Å²) < 4.78 is 0. The van der Waals surface area contributed by atoms with Gasteiger partial charge in [0.25, 0.3) is 0 Å². The van der Waals surface area contributed by atoms with Crippen LogP contribution in [0.2, 0.25) is 0 Å². The Balaban J connectivity index is 1.96. The van der Waals surface area contributed by atoms with Crippen LogP contribution in [-0.4, -0.2) is 30.6 Å². The van der Waals surface area contributed by atoms with Crippen molar-refractivity contribution in [2.45, 2.75) is 13.0 Å². The fraction of sp³-hybridized carbons (Fsp3) is 0.500. The topological polar surface area (TPSA) is 40.5 Å². The quantitative estimate of drug-likeness (QED) is 0.768. The van der Waals surface area contributed by atoms with Gasteiger partial charge in [0.2, 0.25) is 0 Å². The first-order chi connectivity index (χ1) is 6.70. The maximum Gasteiger partial charge on any atom is 0.160 e. The summed E-state index contributed by atoms with van der Waals surface area (Å²) in [7, 11) is 0. The molecule has 0 radical (unpaired) electrons. The zero-order valence-corrected chi connectivity index (χ0v) is 8.83. The highest BCUT2D eigenvalue weighted by atomic mass is 32.1. The highest BCUT2D eigenvalue weighted by Gasteiger charge is 2.30. The molecule has 0 saturated carbocycles. The van der Waals surface area contributed by atoms with E-state index in [0.29, 0.717) is 5.92 Å². The van der Waals surface area contributed by atoms with Crippen molar-refractivity contribution in [2.24, 2.45) is 5.92 Å². The Morgan fingerprint density at radius 2 is 2.43 bits per heavy atom. The standard InChI is InChI=1S/C10H13NO2S/c1-7(13)8-3-11(4-8)9-2-10(5-12)14-6-9/h2,5-8,13H,3-4H2,1H3/t7-/m0/s1. The van der Waals surface area contributed by atoms with Gasteiger partial charge < -0.3 is 10.0 Å². The molecule has 1 aromatic rings. The fourth-order valence-corrected chi connectivity index (χ4v) is 2.32. The Labute approximate surface area is 87.0 Å². The van der Waals surface area contributed by atoms with Gasteiger partial charge in [-0.25, -0.2) is 0 Å². The van der Waals surface area contributed by atoms with Crippen molar-refractivity contribution in [3.05, 3.63) is 16.3 Å². The summed E-state index contributed by atoms with van der Waals surface area (Å²) in [6, 6.07) is 1.90. The van der Waals surface area contributed by atoms with Crippen LogP contribution in [0.3, 0.4) is 0 Å². The molecule has 1 fully saturated rings. The van der Waals surface area contributed by atoms with Crippen molar-refractivity contribution in [2.75, 3.05) is 18.0 Å². The number of rotatable bonds is 3. The second kappa shape index (κ2) is 3.71. The normalized spacial score (nSPS) is 19.1. The van der Waals surface area contributed by atoms with Gasteiger partial charge in [-0.1, -0.05) is 0 Å². The molecule has 14 heavy (non-hydrogen) atoms. The predicted octanol–water partition coefficient (Wildman–Crippen LogP) is 1.38. The summed E-state index contributed by atoms with van der Waals surface area (Å²) in [6.07, 6.45) is 0.649. The monoisotopic (exact) mass is 211 g/mol. The van der Waals surface area contributed by atoms with Crippen LogP contribution < -0.4 is 4.90 Å². The van der Waals surface area contributed by atoms with Gasteiger partial charge in [-0.05, 0) is 13.0 Å². The molecule has 0 unspecified atom stereocenters. The average Bonchev–Trinajstić information content (AvgIpc) is 2.49. The van der Waals surface area contributed by atoms with Crippen LogP contribution in [0.25, 0.3) is 0 Å². The van der Waals surface area contributed by atoms with E-state index in [1.807, 2.05) is 18.4 Å². The minimum absolute atomic E-state index is 0.226. The molecule has 0 aromatic carbocycles. The third kappa shape index (κ3) is 1.67. The lowest BCUT2D eigenvalue weighted by Gasteiger charge is -2.41. The molecular weight excluding hydrogens is 198 g/mol. The number of hydrogen-bond donors (Lipinski definition) is 1. The van der Waals surface area contributed by atoms with Crippen LogP contribution in [-0.2, 0) is 0 Å². The summed E-state index contributed by atoms with van der Waals surface area (Å²) >= 11 is 1.46. The van der Waals surface area contributed by atoms with Gasteiger partial charge in [0, 0.05) is 30.1 Å². The first-order valence-electron chi connectivity index (χ1n) is 4.67. The Bertz CT molecular complexity index is 329. The largest absolute Gasteiger partial charge is 0.393 e. The smallest absolute Gasteiger partial charge is 0.160 e. The molecule has 0 spiro atoms. The lowest BCUT2D eigenvalue weighted by Crippen LogP contribution is -2.51. The number of aliphatic hydroxyl groups is 1. The SMILES string of the molecule is C[C@H](O)C1CN(c2csc(C=O)c2)C1. The van der Waals surface area contributed by atoms with E-state index in [4.69, 9.17) is 0 Å². The molecule has 2 rings (SSSR count). The molecular formula is C10H13NO2S. The van der Waals surface area contributed by atoms with Crippen LogP contribution in [0.1, 0.15) is 16.6 Å². The van der Waals surface area contributed by atoms with Gasteiger partial charge in [0.05, 0.1) is 11.0 Å². The molecule has 2 heterocycles. The zero-order valence-electron chi connectivity index (χ0n) is 8.01. The Morgan fingerprint density at radius 1 is 1.71 bits per heavy atom. The maximum atomic E-state index is 10.5. The molecule has 1 atom stereocenters. The van der Waals surface area contributed by atoms with Crippen LogP contribution in [0, 0.1) is 5.92 Å². The average molecular weight is 211 g/mol. The Morgan fingerprint density at radius 3 is 2.93 bits per heavy atom. The van der Waals surface area contributed by atoms with Gasteiger partial charge in [0.15, 0.2) is 6.29 Å². The summed E-state index contributed by atoms with van der Waals surface area (Å²) in [4.78, 5) is 13.4. The van der Waals surface area contributed by atoms with Crippen molar-refractivity contribution in [3.8, 4) is 0 Å². The second-order valence-corrected chi connectivity index (χ2v) is 4.67. The van der Waals surface area contributed by atoms with E-state index in [2.05, 4.69) is 4.90 Å². The van der Waals surface area contributed by atoms with Crippen molar-refractivity contribution >= 4 is 23.3 Å². The first-order valence-corrected chi connectivity index (χ1v) is 5.55. The molecule has 0 bridgehead atoms. The summed E-state index contributed by atoms with van der Waals surface area (Å²) in [6.45, 7) is 3.62. The van der Waals surface area contributed by atoms with E-state index in [9.17, 15) is 9.90 Å². The van der Waals surface area contributed by atoms with Gasteiger partial charge in [0.1, 0.15) is 0 Å². The van der Waals surface area contributed by atoms with Gasteiger partial charge in [-0.3, -0.25) is 4.79 Å². The maximum absolute atomic E-state index is 10.5. The Hall–Kier alpha value is -0.870. The minimum atomic E-state index is -0.226. The van der Waals surface area contributed by atoms with E-state index in [1.165, 1.54) is 11.3 Å². The molecule has 1 aromatic heterocycles.